The minimum absolute atomic E-state index is 0.116. The molecule has 0 atom stereocenters. The lowest BCUT2D eigenvalue weighted by Gasteiger charge is -2.32. The second-order valence-corrected chi connectivity index (χ2v) is 9.31. The van der Waals surface area contributed by atoms with E-state index in [4.69, 9.17) is 4.74 Å². The molecular formula is C21H24FN3O3S. The van der Waals surface area contributed by atoms with Gasteiger partial charge in [-0.3, -0.25) is 0 Å². The maximum Gasteiger partial charge on any atom is 0.246 e. The third-order valence-electron chi connectivity index (χ3n) is 5.60. The van der Waals surface area contributed by atoms with Gasteiger partial charge in [-0.05, 0) is 56.0 Å². The Bertz CT molecular complexity index is 1140. The Morgan fingerprint density at radius 1 is 1.17 bits per heavy atom. The molecule has 1 aliphatic rings. The molecule has 0 N–H and O–H groups in total. The molecule has 1 aliphatic heterocycles. The van der Waals surface area contributed by atoms with Crippen LogP contribution in [-0.4, -0.2) is 42.5 Å². The van der Waals surface area contributed by atoms with Gasteiger partial charge in [0, 0.05) is 19.6 Å². The van der Waals surface area contributed by atoms with Gasteiger partial charge in [0.1, 0.15) is 22.3 Å². The van der Waals surface area contributed by atoms with Gasteiger partial charge in [-0.25, -0.2) is 17.8 Å². The first-order chi connectivity index (χ1) is 13.9. The highest BCUT2D eigenvalue weighted by Gasteiger charge is 2.32. The molecule has 1 aromatic heterocycles. The third-order valence-corrected chi connectivity index (χ3v) is 7.52. The molecule has 1 fully saturated rings. The van der Waals surface area contributed by atoms with E-state index in [2.05, 4.69) is 15.6 Å². The Kier molecular flexibility index (Phi) is 5.31. The second-order valence-electron chi connectivity index (χ2n) is 7.40. The Labute approximate surface area is 170 Å². The summed E-state index contributed by atoms with van der Waals surface area (Å²) in [4.78, 5) is 4.49. The van der Waals surface area contributed by atoms with Crippen LogP contribution in [0.3, 0.4) is 0 Å². The lowest BCUT2D eigenvalue weighted by atomic mass is 9.98. The molecule has 0 bridgehead atoms. The van der Waals surface area contributed by atoms with E-state index in [0.29, 0.717) is 19.0 Å². The lowest BCUT2D eigenvalue weighted by Crippen LogP contribution is -2.39. The average Bonchev–Trinajstić information content (AvgIpc) is 3.03. The predicted molar refractivity (Wildman–Crippen MR) is 109 cm³/mol. The van der Waals surface area contributed by atoms with Gasteiger partial charge in [0.15, 0.2) is 0 Å². The lowest BCUT2D eigenvalue weighted by molar-refractivity contribution is 0.253. The molecule has 0 aliphatic carbocycles. The van der Waals surface area contributed by atoms with Crippen molar-refractivity contribution in [1.82, 2.24) is 13.9 Å². The van der Waals surface area contributed by atoms with Gasteiger partial charge in [-0.1, -0.05) is 12.1 Å². The summed E-state index contributed by atoms with van der Waals surface area (Å²) in [6, 6.07) is 11.6. The fraction of sp³-hybridized carbons (Fsp3) is 0.381. The van der Waals surface area contributed by atoms with Gasteiger partial charge in [0.05, 0.1) is 18.1 Å². The van der Waals surface area contributed by atoms with Crippen LogP contribution in [0, 0.1) is 18.7 Å². The molecule has 0 amide bonds. The fourth-order valence-electron chi connectivity index (χ4n) is 4.01. The van der Waals surface area contributed by atoms with Gasteiger partial charge in [0.2, 0.25) is 10.0 Å². The highest BCUT2D eigenvalue weighted by atomic mass is 32.2. The zero-order valence-corrected chi connectivity index (χ0v) is 17.3. The Morgan fingerprint density at radius 2 is 1.90 bits per heavy atom. The molecule has 0 spiro atoms. The van der Waals surface area contributed by atoms with Crippen molar-refractivity contribution in [3.63, 3.8) is 0 Å². The number of nitrogens with zero attached hydrogens (tertiary/aromatic N) is 3. The van der Waals surface area contributed by atoms with E-state index < -0.39 is 15.8 Å². The number of aromatic nitrogens is 2. The number of ether oxygens (including phenoxy) is 1. The van der Waals surface area contributed by atoms with Crippen molar-refractivity contribution in [3.05, 3.63) is 54.1 Å². The van der Waals surface area contributed by atoms with Crippen LogP contribution in [-0.2, 0) is 16.6 Å². The number of piperidine rings is 1. The number of halogens is 1. The SMILES string of the molecule is COc1ccc(F)cc1S(=O)(=O)N1CCC(Cn2c(C)nc3ccccc32)CC1. The molecule has 29 heavy (non-hydrogen) atoms. The van der Waals surface area contributed by atoms with E-state index in [0.717, 1.165) is 42.3 Å². The summed E-state index contributed by atoms with van der Waals surface area (Å²) in [5.41, 5.74) is 2.08. The highest BCUT2D eigenvalue weighted by Crippen LogP contribution is 2.31. The van der Waals surface area contributed by atoms with Crippen molar-refractivity contribution in [2.24, 2.45) is 5.92 Å². The van der Waals surface area contributed by atoms with E-state index in [9.17, 15) is 12.8 Å². The Balaban J connectivity index is 1.49. The maximum absolute atomic E-state index is 13.7. The van der Waals surface area contributed by atoms with Gasteiger partial charge < -0.3 is 9.30 Å². The summed E-state index contributed by atoms with van der Waals surface area (Å²) in [5.74, 6) is 0.883. The topological polar surface area (TPSA) is 64.4 Å². The minimum atomic E-state index is -3.81. The summed E-state index contributed by atoms with van der Waals surface area (Å²) in [6.45, 7) is 3.61. The minimum Gasteiger partial charge on any atom is -0.495 e. The predicted octanol–water partition coefficient (Wildman–Crippen LogP) is 3.59. The molecule has 4 rings (SSSR count). The number of aryl methyl sites for hydroxylation is 1. The average molecular weight is 418 g/mol. The van der Waals surface area contributed by atoms with Crippen LogP contribution in [0.4, 0.5) is 4.39 Å². The first-order valence-corrected chi connectivity index (χ1v) is 11.1. The van der Waals surface area contributed by atoms with Crippen LogP contribution < -0.4 is 4.74 Å². The first kappa shape index (κ1) is 19.8. The summed E-state index contributed by atoms with van der Waals surface area (Å²) in [5, 5.41) is 0. The van der Waals surface area contributed by atoms with Gasteiger partial charge in [-0.2, -0.15) is 4.31 Å². The molecule has 154 valence electrons. The fourth-order valence-corrected chi connectivity index (χ4v) is 5.64. The number of fused-ring (bicyclic) bond motifs is 1. The normalized spacial score (nSPS) is 16.4. The number of imidazole rings is 1. The summed E-state index contributed by atoms with van der Waals surface area (Å²) in [6.07, 6.45) is 1.48. The zero-order chi connectivity index (χ0) is 20.6. The summed E-state index contributed by atoms with van der Waals surface area (Å²) in [7, 11) is -2.42. The summed E-state index contributed by atoms with van der Waals surface area (Å²) < 4.78 is 48.5. The molecule has 2 heterocycles. The van der Waals surface area contributed by atoms with Crippen molar-refractivity contribution in [2.75, 3.05) is 20.2 Å². The first-order valence-electron chi connectivity index (χ1n) is 9.65. The molecule has 6 nitrogen and oxygen atoms in total. The second kappa shape index (κ2) is 7.76. The van der Waals surface area contributed by atoms with Crippen LogP contribution in [0.1, 0.15) is 18.7 Å². The molecule has 3 aromatic rings. The standard InChI is InChI=1S/C21H24FN3O3S/c1-15-23-18-5-3-4-6-19(18)25(15)14-16-9-11-24(12-10-16)29(26,27)21-13-17(22)7-8-20(21)28-2/h3-8,13,16H,9-12,14H2,1-2H3. The Hall–Kier alpha value is -2.45. The van der Waals surface area contributed by atoms with Crippen LogP contribution in [0.2, 0.25) is 0 Å². The number of hydrogen-bond donors (Lipinski definition) is 0. The maximum atomic E-state index is 13.7. The number of rotatable bonds is 5. The van der Waals surface area contributed by atoms with Crippen LogP contribution in [0.15, 0.2) is 47.4 Å². The number of para-hydroxylation sites is 2. The van der Waals surface area contributed by atoms with Crippen LogP contribution in [0.5, 0.6) is 5.75 Å². The Morgan fingerprint density at radius 3 is 2.62 bits per heavy atom. The smallest absolute Gasteiger partial charge is 0.246 e. The van der Waals surface area contributed by atoms with Crippen LogP contribution >= 0.6 is 0 Å². The quantitative estimate of drug-likeness (QED) is 0.636. The molecule has 1 saturated heterocycles. The van der Waals surface area contributed by atoms with Crippen molar-refractivity contribution in [2.45, 2.75) is 31.2 Å². The van der Waals surface area contributed by atoms with Gasteiger partial charge >= 0.3 is 0 Å². The van der Waals surface area contributed by atoms with Crippen molar-refractivity contribution in [1.29, 1.82) is 0 Å². The highest BCUT2D eigenvalue weighted by molar-refractivity contribution is 7.89. The molecule has 2 aromatic carbocycles. The monoisotopic (exact) mass is 417 g/mol. The molecular weight excluding hydrogens is 393 g/mol. The molecule has 0 radical (unpaired) electrons. The van der Waals surface area contributed by atoms with E-state index >= 15 is 0 Å². The third kappa shape index (κ3) is 3.74. The number of sulfonamides is 1. The van der Waals surface area contributed by atoms with Crippen LogP contribution in [0.25, 0.3) is 11.0 Å². The van der Waals surface area contributed by atoms with E-state index in [1.807, 2.05) is 25.1 Å². The van der Waals surface area contributed by atoms with Crippen molar-refractivity contribution in [3.8, 4) is 5.75 Å². The summed E-state index contributed by atoms with van der Waals surface area (Å²) >= 11 is 0. The molecule has 0 unspecified atom stereocenters. The van der Waals surface area contributed by atoms with Gasteiger partial charge in [-0.15, -0.1) is 0 Å². The van der Waals surface area contributed by atoms with E-state index in [1.54, 1.807) is 0 Å². The zero-order valence-electron chi connectivity index (χ0n) is 16.5. The van der Waals surface area contributed by atoms with Crippen molar-refractivity contribution < 1.29 is 17.5 Å². The number of hydrogen-bond acceptors (Lipinski definition) is 4. The molecule has 8 heteroatoms. The van der Waals surface area contributed by atoms with Gasteiger partial charge in [0.25, 0.3) is 0 Å². The van der Waals surface area contributed by atoms with E-state index in [1.165, 1.54) is 23.5 Å². The number of methoxy groups -OCH3 is 1. The molecule has 0 saturated carbocycles. The largest absolute Gasteiger partial charge is 0.495 e. The number of benzene rings is 2. The van der Waals surface area contributed by atoms with Crippen molar-refractivity contribution >= 4 is 21.1 Å². The van der Waals surface area contributed by atoms with E-state index in [-0.39, 0.29) is 10.6 Å².